The third-order valence-electron chi connectivity index (χ3n) is 3.96. The van der Waals surface area contributed by atoms with Crippen LogP contribution >= 0.6 is 11.8 Å². The lowest BCUT2D eigenvalue weighted by molar-refractivity contribution is 0.154. The molecule has 0 radical (unpaired) electrons. The van der Waals surface area contributed by atoms with Crippen LogP contribution in [0.2, 0.25) is 0 Å². The highest BCUT2D eigenvalue weighted by molar-refractivity contribution is 7.99. The van der Waals surface area contributed by atoms with Crippen LogP contribution in [0.3, 0.4) is 0 Å². The summed E-state index contributed by atoms with van der Waals surface area (Å²) in [5.74, 6) is 1.16. The maximum Gasteiger partial charge on any atom is 0.317 e. The highest BCUT2D eigenvalue weighted by Gasteiger charge is 2.31. The molecule has 0 unspecified atom stereocenters. The molecule has 0 aromatic carbocycles. The zero-order valence-electron chi connectivity index (χ0n) is 11.1. The van der Waals surface area contributed by atoms with Crippen LogP contribution in [0.15, 0.2) is 0 Å². The molecule has 1 saturated heterocycles. The number of likely N-dealkylation sites (tertiary alicyclic amines) is 1. The fourth-order valence-corrected chi connectivity index (χ4v) is 4.15. The maximum absolute atomic E-state index is 12.1. The molecule has 0 aromatic heterocycles. The van der Waals surface area contributed by atoms with Gasteiger partial charge in [0.2, 0.25) is 0 Å². The molecule has 1 heterocycles. The number of hydrogen-bond acceptors (Lipinski definition) is 3. The number of aliphatic hydroxyl groups is 1. The monoisotopic (exact) mass is 272 g/mol. The van der Waals surface area contributed by atoms with E-state index in [1.807, 2.05) is 11.8 Å². The predicted octanol–water partition coefficient (Wildman–Crippen LogP) is 1.83. The Balaban J connectivity index is 1.78. The first-order chi connectivity index (χ1) is 8.74. The second-order valence-corrected chi connectivity index (χ2v) is 6.79. The molecule has 2 rings (SSSR count). The summed E-state index contributed by atoms with van der Waals surface area (Å²) in [5.41, 5.74) is 0. The van der Waals surface area contributed by atoms with Crippen molar-refractivity contribution in [2.24, 2.45) is 0 Å². The number of nitrogens with zero attached hydrogens (tertiary/aromatic N) is 1. The van der Waals surface area contributed by atoms with Crippen LogP contribution in [-0.4, -0.2) is 52.3 Å². The minimum atomic E-state index is 0.0266. The molecular weight excluding hydrogens is 248 g/mol. The number of rotatable bonds is 4. The quantitative estimate of drug-likeness (QED) is 0.821. The van der Waals surface area contributed by atoms with E-state index in [2.05, 4.69) is 12.2 Å². The number of thioether (sulfide) groups is 1. The van der Waals surface area contributed by atoms with Gasteiger partial charge >= 0.3 is 6.03 Å². The molecular formula is C13H24N2O2S. The average molecular weight is 272 g/mol. The fourth-order valence-electron chi connectivity index (χ4n) is 3.01. The van der Waals surface area contributed by atoms with Gasteiger partial charge in [0.1, 0.15) is 0 Å². The van der Waals surface area contributed by atoms with Gasteiger partial charge in [-0.05, 0) is 37.9 Å². The third kappa shape index (κ3) is 3.32. The van der Waals surface area contributed by atoms with Gasteiger partial charge in [0, 0.05) is 17.8 Å². The fraction of sp³-hybridized carbons (Fsp3) is 0.923. The Morgan fingerprint density at radius 1 is 1.44 bits per heavy atom. The Morgan fingerprint density at radius 3 is 3.00 bits per heavy atom. The molecule has 2 amide bonds. The number of carbonyl (C=O) groups is 1. The van der Waals surface area contributed by atoms with Crippen molar-refractivity contribution >= 4 is 17.8 Å². The van der Waals surface area contributed by atoms with E-state index >= 15 is 0 Å². The minimum Gasteiger partial charge on any atom is -0.394 e. The Morgan fingerprint density at radius 2 is 2.28 bits per heavy atom. The van der Waals surface area contributed by atoms with Gasteiger partial charge in [-0.15, -0.1) is 0 Å². The number of urea groups is 1. The van der Waals surface area contributed by atoms with Crippen LogP contribution in [0.1, 0.15) is 39.0 Å². The topological polar surface area (TPSA) is 52.6 Å². The second kappa shape index (κ2) is 6.66. The van der Waals surface area contributed by atoms with Crippen LogP contribution in [-0.2, 0) is 0 Å². The lowest BCUT2D eigenvalue weighted by Gasteiger charge is -2.25. The van der Waals surface area contributed by atoms with Crippen molar-refractivity contribution in [2.45, 2.75) is 56.4 Å². The maximum atomic E-state index is 12.1. The van der Waals surface area contributed by atoms with Gasteiger partial charge in [0.25, 0.3) is 0 Å². The van der Waals surface area contributed by atoms with Gasteiger partial charge in [-0.25, -0.2) is 4.79 Å². The van der Waals surface area contributed by atoms with E-state index in [1.165, 1.54) is 6.42 Å². The molecule has 1 aliphatic carbocycles. The predicted molar refractivity (Wildman–Crippen MR) is 74.9 cm³/mol. The molecule has 4 nitrogen and oxygen atoms in total. The molecule has 2 aliphatic rings. The highest BCUT2D eigenvalue weighted by atomic mass is 32.2. The van der Waals surface area contributed by atoms with Crippen molar-refractivity contribution < 1.29 is 9.90 Å². The zero-order valence-corrected chi connectivity index (χ0v) is 11.9. The smallest absolute Gasteiger partial charge is 0.317 e. The molecule has 2 fully saturated rings. The molecule has 3 atom stereocenters. The van der Waals surface area contributed by atoms with Gasteiger partial charge in [0.15, 0.2) is 0 Å². The molecule has 0 bridgehead atoms. The Kier molecular flexibility index (Phi) is 5.18. The lowest BCUT2D eigenvalue weighted by atomic mass is 10.2. The average Bonchev–Trinajstić information content (AvgIpc) is 2.98. The van der Waals surface area contributed by atoms with Crippen LogP contribution in [0.4, 0.5) is 4.79 Å². The normalized spacial score (nSPS) is 31.9. The van der Waals surface area contributed by atoms with Gasteiger partial charge in [-0.3, -0.25) is 0 Å². The first-order valence-corrected chi connectivity index (χ1v) is 8.09. The standard InChI is InChI=1S/C13H24N2O2S/c1-2-18-12-6-5-10(8-12)14-13(17)15-7-3-4-11(15)9-16/h10-12,16H,2-9H2,1H3,(H,14,17)/t10-,11+,12-/m0/s1. The molecule has 2 N–H and O–H groups in total. The van der Waals surface area contributed by atoms with Crippen LogP contribution in [0, 0.1) is 0 Å². The summed E-state index contributed by atoms with van der Waals surface area (Å²) in [6.45, 7) is 3.07. The summed E-state index contributed by atoms with van der Waals surface area (Å²) in [6, 6.07) is 0.396. The first kappa shape index (κ1) is 14.0. The van der Waals surface area contributed by atoms with Gasteiger partial charge in [0.05, 0.1) is 12.6 Å². The van der Waals surface area contributed by atoms with Crippen molar-refractivity contribution in [3.8, 4) is 0 Å². The molecule has 1 aliphatic heterocycles. The van der Waals surface area contributed by atoms with Crippen molar-refractivity contribution in [1.29, 1.82) is 0 Å². The van der Waals surface area contributed by atoms with Crippen molar-refractivity contribution in [1.82, 2.24) is 10.2 Å². The molecule has 104 valence electrons. The number of aliphatic hydroxyl groups excluding tert-OH is 1. The van der Waals surface area contributed by atoms with E-state index in [0.717, 1.165) is 38.0 Å². The summed E-state index contributed by atoms with van der Waals surface area (Å²) < 4.78 is 0. The van der Waals surface area contributed by atoms with E-state index in [-0.39, 0.29) is 18.7 Å². The molecule has 1 saturated carbocycles. The lowest BCUT2D eigenvalue weighted by Crippen LogP contribution is -2.47. The van der Waals surface area contributed by atoms with Crippen LogP contribution < -0.4 is 5.32 Å². The summed E-state index contributed by atoms with van der Waals surface area (Å²) in [4.78, 5) is 13.9. The first-order valence-electron chi connectivity index (χ1n) is 7.04. The second-order valence-electron chi connectivity index (χ2n) is 5.21. The Bertz CT molecular complexity index is 288. The largest absolute Gasteiger partial charge is 0.394 e. The minimum absolute atomic E-state index is 0.0266. The van der Waals surface area contributed by atoms with Crippen molar-refractivity contribution in [3.63, 3.8) is 0 Å². The van der Waals surface area contributed by atoms with Crippen LogP contribution in [0.25, 0.3) is 0 Å². The van der Waals surface area contributed by atoms with Crippen molar-refractivity contribution in [3.05, 3.63) is 0 Å². The Labute approximate surface area is 113 Å². The molecule has 0 spiro atoms. The summed E-state index contributed by atoms with van der Waals surface area (Å²) in [6.07, 6.45) is 5.36. The Hall–Kier alpha value is -0.420. The number of carbonyl (C=O) groups excluding carboxylic acids is 1. The zero-order chi connectivity index (χ0) is 13.0. The molecule has 18 heavy (non-hydrogen) atoms. The summed E-state index contributed by atoms with van der Waals surface area (Å²) in [7, 11) is 0. The van der Waals surface area contributed by atoms with Crippen LogP contribution in [0.5, 0.6) is 0 Å². The molecule has 0 aromatic rings. The summed E-state index contributed by atoms with van der Waals surface area (Å²) in [5, 5.41) is 13.1. The summed E-state index contributed by atoms with van der Waals surface area (Å²) >= 11 is 2.00. The van der Waals surface area contributed by atoms with E-state index in [0.29, 0.717) is 11.3 Å². The number of amides is 2. The van der Waals surface area contributed by atoms with E-state index < -0.39 is 0 Å². The SMILES string of the molecule is CCS[C@H]1CC[C@H](NC(=O)N2CCC[C@@H]2CO)C1. The van der Waals surface area contributed by atoms with E-state index in [1.54, 1.807) is 4.90 Å². The number of nitrogens with one attached hydrogen (secondary N) is 1. The van der Waals surface area contributed by atoms with Gasteiger partial charge in [-0.1, -0.05) is 6.92 Å². The third-order valence-corrected chi connectivity index (χ3v) is 5.20. The number of hydrogen-bond donors (Lipinski definition) is 2. The highest BCUT2D eigenvalue weighted by Crippen LogP contribution is 2.30. The van der Waals surface area contributed by atoms with E-state index in [4.69, 9.17) is 0 Å². The van der Waals surface area contributed by atoms with Gasteiger partial charge in [-0.2, -0.15) is 11.8 Å². The molecule has 5 heteroatoms. The van der Waals surface area contributed by atoms with E-state index in [9.17, 15) is 9.90 Å². The van der Waals surface area contributed by atoms with Gasteiger partial charge < -0.3 is 15.3 Å². The van der Waals surface area contributed by atoms with Crippen molar-refractivity contribution in [2.75, 3.05) is 18.9 Å².